The highest BCUT2D eigenvalue weighted by atomic mass is 32.1. The number of aromatic nitrogens is 2. The Labute approximate surface area is 244 Å². The van der Waals surface area contributed by atoms with E-state index in [-0.39, 0.29) is 22.0 Å². The molecule has 10 nitrogen and oxygen atoms in total. The highest BCUT2D eigenvalue weighted by molar-refractivity contribution is 7.18. The Morgan fingerprint density at radius 2 is 1.85 bits per heavy atom. The first-order valence-electron chi connectivity index (χ1n) is 12.6. The van der Waals surface area contributed by atoms with E-state index in [2.05, 4.69) is 10.6 Å². The number of ether oxygens (including phenoxy) is 2. The number of amides is 2. The van der Waals surface area contributed by atoms with Crippen LogP contribution in [0.3, 0.4) is 0 Å². The first-order valence-corrected chi connectivity index (χ1v) is 14.3. The number of nitrogens with zero attached hydrogens (tertiary/aromatic N) is 2. The average Bonchev–Trinajstić information content (AvgIpc) is 3.70. The van der Waals surface area contributed by atoms with Crippen LogP contribution in [0.1, 0.15) is 43.6 Å². The number of thiophene rings is 2. The van der Waals surface area contributed by atoms with Crippen molar-refractivity contribution in [1.82, 2.24) is 15.1 Å². The van der Waals surface area contributed by atoms with Crippen LogP contribution in [-0.2, 0) is 25.6 Å². The number of carbonyl (C=O) groups is 4. The molecule has 0 aliphatic carbocycles. The predicted molar refractivity (Wildman–Crippen MR) is 158 cm³/mol. The van der Waals surface area contributed by atoms with Gasteiger partial charge in [-0.3, -0.25) is 14.3 Å². The van der Waals surface area contributed by atoms with E-state index in [0.717, 1.165) is 33.0 Å². The molecule has 0 aliphatic heterocycles. The van der Waals surface area contributed by atoms with E-state index in [1.165, 1.54) is 24.5 Å². The van der Waals surface area contributed by atoms with Crippen molar-refractivity contribution in [3.8, 4) is 10.6 Å². The van der Waals surface area contributed by atoms with Crippen molar-refractivity contribution in [2.75, 3.05) is 25.6 Å². The topological polar surface area (TPSA) is 129 Å². The molecule has 1 aromatic carbocycles. The summed E-state index contributed by atoms with van der Waals surface area (Å²) in [6.45, 7) is 3.35. The molecular formula is C29H28N4O6S2. The van der Waals surface area contributed by atoms with E-state index < -0.39 is 30.4 Å². The Morgan fingerprint density at radius 3 is 2.54 bits per heavy atom. The van der Waals surface area contributed by atoms with E-state index >= 15 is 0 Å². The normalized spacial score (nSPS) is 10.9. The molecule has 0 atom stereocenters. The summed E-state index contributed by atoms with van der Waals surface area (Å²) in [7, 11) is 1.47. The number of benzene rings is 1. The van der Waals surface area contributed by atoms with Crippen LogP contribution in [0.15, 0.2) is 60.1 Å². The third-order valence-corrected chi connectivity index (χ3v) is 7.87. The first kappa shape index (κ1) is 29.4. The number of anilines is 1. The van der Waals surface area contributed by atoms with Crippen LogP contribution in [0, 0.1) is 6.92 Å². The fourth-order valence-corrected chi connectivity index (χ4v) is 5.79. The maximum atomic E-state index is 12.6. The molecule has 0 bridgehead atoms. The van der Waals surface area contributed by atoms with Crippen molar-refractivity contribution >= 4 is 57.5 Å². The van der Waals surface area contributed by atoms with Gasteiger partial charge in [-0.15, -0.1) is 22.7 Å². The van der Waals surface area contributed by atoms with Crippen molar-refractivity contribution in [3.05, 3.63) is 87.2 Å². The molecule has 0 unspecified atom stereocenters. The summed E-state index contributed by atoms with van der Waals surface area (Å²) in [5.74, 6) is -2.46. The largest absolute Gasteiger partial charge is 0.462 e. The average molecular weight is 593 g/mol. The van der Waals surface area contributed by atoms with E-state index in [4.69, 9.17) is 14.6 Å². The highest BCUT2D eigenvalue weighted by Crippen LogP contribution is 2.34. The zero-order chi connectivity index (χ0) is 29.4. The number of nitrogens with one attached hydrogen (secondary N) is 2. The Balaban J connectivity index is 1.43. The Bertz CT molecular complexity index is 1570. The van der Waals surface area contributed by atoms with Crippen LogP contribution >= 0.6 is 22.7 Å². The van der Waals surface area contributed by atoms with Crippen molar-refractivity contribution in [2.24, 2.45) is 0 Å². The standard InChI is InChI=1S/C29H28N4O6S2/c1-4-38-29(37)24-18(2)26(27(36)30-3)41-28(24)31-22(34)17-39-23(35)13-12-20-16-33(15-19-9-6-5-7-10-19)32-25(20)21-11-8-14-40-21/h5-14,16H,4,15,17H2,1-3H3,(H,30,36)(H,31,34)/b13-12+. The molecule has 12 heteroatoms. The monoisotopic (exact) mass is 592 g/mol. The fraction of sp³-hybridized carbons (Fsp3) is 0.207. The molecule has 0 aliphatic rings. The summed E-state index contributed by atoms with van der Waals surface area (Å²) in [5, 5.41) is 11.9. The summed E-state index contributed by atoms with van der Waals surface area (Å²) in [6, 6.07) is 13.8. The van der Waals surface area contributed by atoms with Gasteiger partial charge in [-0.2, -0.15) is 5.10 Å². The van der Waals surface area contributed by atoms with Gasteiger partial charge in [-0.1, -0.05) is 36.4 Å². The summed E-state index contributed by atoms with van der Waals surface area (Å²) < 4.78 is 12.0. The van der Waals surface area contributed by atoms with Crippen molar-refractivity contribution in [3.63, 3.8) is 0 Å². The molecule has 0 spiro atoms. The SMILES string of the molecule is CCOC(=O)c1c(NC(=O)COC(=O)/C=C/c2cn(Cc3ccccc3)nc2-c2cccs2)sc(C(=O)NC)c1C. The van der Waals surface area contributed by atoms with Crippen LogP contribution in [-0.4, -0.2) is 53.8 Å². The lowest BCUT2D eigenvalue weighted by molar-refractivity contribution is -0.142. The van der Waals surface area contributed by atoms with Crippen LogP contribution < -0.4 is 10.6 Å². The molecule has 3 aromatic heterocycles. The molecule has 0 radical (unpaired) electrons. The minimum Gasteiger partial charge on any atom is -0.462 e. The summed E-state index contributed by atoms with van der Waals surface area (Å²) >= 11 is 2.47. The zero-order valence-electron chi connectivity index (χ0n) is 22.6. The molecule has 212 valence electrons. The van der Waals surface area contributed by atoms with E-state index in [9.17, 15) is 19.2 Å². The molecule has 4 rings (SSSR count). The molecule has 3 heterocycles. The van der Waals surface area contributed by atoms with Gasteiger partial charge in [0.1, 0.15) is 10.7 Å². The van der Waals surface area contributed by atoms with Gasteiger partial charge in [0.15, 0.2) is 6.61 Å². The van der Waals surface area contributed by atoms with Crippen molar-refractivity contribution in [1.29, 1.82) is 0 Å². The van der Waals surface area contributed by atoms with Gasteiger partial charge in [0.25, 0.3) is 11.8 Å². The second-order valence-corrected chi connectivity index (χ2v) is 10.6. The Morgan fingerprint density at radius 1 is 1.07 bits per heavy atom. The number of carbonyl (C=O) groups excluding carboxylic acids is 4. The van der Waals surface area contributed by atoms with Crippen LogP contribution in [0.25, 0.3) is 16.6 Å². The molecule has 2 amide bonds. The lowest BCUT2D eigenvalue weighted by Gasteiger charge is -2.07. The van der Waals surface area contributed by atoms with E-state index in [1.54, 1.807) is 24.6 Å². The van der Waals surface area contributed by atoms with Crippen LogP contribution in [0.2, 0.25) is 0 Å². The third-order valence-electron chi connectivity index (χ3n) is 5.79. The van der Waals surface area contributed by atoms with Gasteiger partial charge in [0, 0.05) is 24.9 Å². The number of esters is 2. The van der Waals surface area contributed by atoms with Gasteiger partial charge >= 0.3 is 11.9 Å². The van der Waals surface area contributed by atoms with Gasteiger partial charge in [-0.05, 0) is 42.5 Å². The Hall–Kier alpha value is -4.55. The fourth-order valence-electron chi connectivity index (χ4n) is 3.90. The van der Waals surface area contributed by atoms with Gasteiger partial charge in [0.2, 0.25) is 0 Å². The van der Waals surface area contributed by atoms with Gasteiger partial charge in [-0.25, -0.2) is 9.59 Å². The van der Waals surface area contributed by atoms with Crippen molar-refractivity contribution in [2.45, 2.75) is 20.4 Å². The maximum Gasteiger partial charge on any atom is 0.341 e. The highest BCUT2D eigenvalue weighted by Gasteiger charge is 2.26. The second kappa shape index (κ2) is 13.7. The lowest BCUT2D eigenvalue weighted by atomic mass is 10.1. The molecule has 0 saturated carbocycles. The zero-order valence-corrected chi connectivity index (χ0v) is 24.3. The maximum absolute atomic E-state index is 12.6. The predicted octanol–water partition coefficient (Wildman–Crippen LogP) is 4.76. The Kier molecular flexibility index (Phi) is 9.82. The number of rotatable bonds is 11. The molecule has 0 saturated heterocycles. The summed E-state index contributed by atoms with van der Waals surface area (Å²) in [6.07, 6.45) is 4.68. The van der Waals surface area contributed by atoms with Crippen LogP contribution in [0.5, 0.6) is 0 Å². The van der Waals surface area contributed by atoms with E-state index in [0.29, 0.717) is 12.1 Å². The summed E-state index contributed by atoms with van der Waals surface area (Å²) in [4.78, 5) is 51.0. The molecule has 2 N–H and O–H groups in total. The minimum absolute atomic E-state index is 0.0867. The molecule has 0 fully saturated rings. The number of hydrogen-bond donors (Lipinski definition) is 2. The molecule has 4 aromatic rings. The second-order valence-electron chi connectivity index (χ2n) is 8.64. The third kappa shape index (κ3) is 7.35. The smallest absolute Gasteiger partial charge is 0.341 e. The van der Waals surface area contributed by atoms with E-state index in [1.807, 2.05) is 54.0 Å². The molecular weight excluding hydrogens is 564 g/mol. The van der Waals surface area contributed by atoms with Gasteiger partial charge < -0.3 is 20.1 Å². The summed E-state index contributed by atoms with van der Waals surface area (Å²) in [5.41, 5.74) is 3.01. The molecule has 41 heavy (non-hydrogen) atoms. The first-order chi connectivity index (χ1) is 19.8. The van der Waals surface area contributed by atoms with Gasteiger partial charge in [0.05, 0.1) is 28.5 Å². The lowest BCUT2D eigenvalue weighted by Crippen LogP contribution is -2.21. The quantitative estimate of drug-likeness (QED) is 0.190. The van der Waals surface area contributed by atoms with Crippen molar-refractivity contribution < 1.29 is 28.7 Å². The van der Waals surface area contributed by atoms with Crippen LogP contribution in [0.4, 0.5) is 5.00 Å². The minimum atomic E-state index is -0.730. The number of hydrogen-bond acceptors (Lipinski definition) is 9.